The van der Waals surface area contributed by atoms with Crippen molar-refractivity contribution in [3.8, 4) is 5.75 Å². The molecule has 30 heavy (non-hydrogen) atoms. The number of hydrogen-bond donors (Lipinski definition) is 0. The first-order valence-electron chi connectivity index (χ1n) is 8.87. The molecule has 2 aromatic rings. The summed E-state index contributed by atoms with van der Waals surface area (Å²) < 4.78 is 41.1. The molecule has 0 saturated heterocycles. The van der Waals surface area contributed by atoms with Crippen molar-refractivity contribution in [3.63, 3.8) is 0 Å². The van der Waals surface area contributed by atoms with Crippen molar-refractivity contribution >= 4 is 17.6 Å². The molecule has 2 rings (SSSR count). The molecule has 0 aliphatic heterocycles. The molecule has 0 amide bonds. The Kier molecular flexibility index (Phi) is 8.60. The van der Waals surface area contributed by atoms with Crippen LogP contribution in [0.1, 0.15) is 23.1 Å². The molecule has 0 saturated carbocycles. The topological polar surface area (TPSA) is 100 Å². The first kappa shape index (κ1) is 22.7. The highest BCUT2D eigenvalue weighted by atomic mass is 19.3. The van der Waals surface area contributed by atoms with Crippen LogP contribution in [-0.4, -0.2) is 59.2 Å². The first-order chi connectivity index (χ1) is 14.5. The van der Waals surface area contributed by atoms with E-state index in [0.717, 1.165) is 0 Å². The molecule has 1 heterocycles. The maximum absolute atomic E-state index is 12.6. The second kappa shape index (κ2) is 11.4. The van der Waals surface area contributed by atoms with E-state index < -0.39 is 12.6 Å². The van der Waals surface area contributed by atoms with Crippen molar-refractivity contribution in [1.82, 2.24) is 14.8 Å². The summed E-state index contributed by atoms with van der Waals surface area (Å²) in [5, 5.41) is 4.00. The third-order valence-electron chi connectivity index (χ3n) is 3.53. The number of methoxy groups -OCH3 is 1. The Morgan fingerprint density at radius 3 is 2.87 bits per heavy atom. The fraction of sp³-hybridized carbons (Fsp3) is 0.316. The van der Waals surface area contributed by atoms with Crippen LogP contribution in [-0.2, 0) is 16.0 Å². The van der Waals surface area contributed by atoms with E-state index in [9.17, 15) is 13.6 Å². The van der Waals surface area contributed by atoms with E-state index in [1.54, 1.807) is 19.1 Å². The molecule has 0 bridgehead atoms. The highest BCUT2D eigenvalue weighted by molar-refractivity contribution is 6.45. The van der Waals surface area contributed by atoms with E-state index >= 15 is 0 Å². The van der Waals surface area contributed by atoms with Crippen LogP contribution in [0.4, 0.5) is 8.78 Å². The lowest BCUT2D eigenvalue weighted by molar-refractivity contribution is -0.0498. The van der Waals surface area contributed by atoms with Gasteiger partial charge < -0.3 is 14.2 Å². The van der Waals surface area contributed by atoms with Crippen molar-refractivity contribution in [2.75, 3.05) is 20.3 Å². The van der Waals surface area contributed by atoms with Crippen LogP contribution in [0.2, 0.25) is 0 Å². The van der Waals surface area contributed by atoms with Crippen LogP contribution >= 0.6 is 0 Å². The van der Waals surface area contributed by atoms with E-state index in [-0.39, 0.29) is 30.6 Å². The summed E-state index contributed by atoms with van der Waals surface area (Å²) in [7, 11) is 1.24. The summed E-state index contributed by atoms with van der Waals surface area (Å²) in [5.74, 6) is -0.563. The summed E-state index contributed by atoms with van der Waals surface area (Å²) in [6.07, 6.45) is 2.67. The molecule has 0 aliphatic carbocycles. The number of aromatic nitrogens is 3. The maximum atomic E-state index is 12.6. The molecule has 0 atom stereocenters. The number of carbonyl (C=O) groups excluding carboxylic acids is 1. The third-order valence-corrected chi connectivity index (χ3v) is 3.53. The van der Waals surface area contributed by atoms with E-state index in [0.29, 0.717) is 17.9 Å². The minimum atomic E-state index is -2.95. The average Bonchev–Trinajstić information content (AvgIpc) is 3.19. The molecule has 9 nitrogen and oxygen atoms in total. The van der Waals surface area contributed by atoms with Crippen LogP contribution in [0.25, 0.3) is 0 Å². The van der Waals surface area contributed by atoms with Crippen molar-refractivity contribution < 1.29 is 27.8 Å². The number of carbonyl (C=O) groups is 1. The summed E-state index contributed by atoms with van der Waals surface area (Å²) in [4.78, 5) is 23.9. The van der Waals surface area contributed by atoms with Crippen molar-refractivity contribution in [2.45, 2.75) is 20.1 Å². The van der Waals surface area contributed by atoms with Crippen molar-refractivity contribution in [3.05, 3.63) is 54.8 Å². The van der Waals surface area contributed by atoms with Gasteiger partial charge in [-0.25, -0.2) is 14.8 Å². The molecule has 0 spiro atoms. The van der Waals surface area contributed by atoms with Crippen molar-refractivity contribution in [2.24, 2.45) is 9.98 Å². The van der Waals surface area contributed by atoms with Gasteiger partial charge in [0.25, 0.3) is 5.82 Å². The fourth-order valence-corrected chi connectivity index (χ4v) is 2.34. The average molecular weight is 421 g/mol. The van der Waals surface area contributed by atoms with Crippen LogP contribution in [0.15, 0.2) is 53.4 Å². The number of benzene rings is 1. The Morgan fingerprint density at radius 1 is 1.40 bits per heavy atom. The summed E-state index contributed by atoms with van der Waals surface area (Å²) >= 11 is 0. The third kappa shape index (κ3) is 6.47. The molecule has 0 N–H and O–H groups in total. The molecular weight excluding hydrogens is 400 g/mol. The quantitative estimate of drug-likeness (QED) is 0.332. The number of ether oxygens (including phenoxy) is 3. The minimum absolute atomic E-state index is 0.0244. The first-order valence-corrected chi connectivity index (χ1v) is 8.87. The number of rotatable bonds is 10. The lowest BCUT2D eigenvalue weighted by atomic mass is 10.1. The van der Waals surface area contributed by atoms with Gasteiger partial charge in [-0.1, -0.05) is 18.7 Å². The molecule has 160 valence electrons. The molecule has 1 aromatic heterocycles. The molecule has 1 aromatic carbocycles. The Bertz CT molecular complexity index is 927. The van der Waals surface area contributed by atoms with Gasteiger partial charge in [-0.15, -0.1) is 5.10 Å². The molecular formula is C19H21F2N5O4. The monoisotopic (exact) mass is 421 g/mol. The van der Waals surface area contributed by atoms with Gasteiger partial charge in [-0.05, 0) is 19.1 Å². The zero-order valence-electron chi connectivity index (χ0n) is 16.5. The molecule has 0 unspecified atom stereocenters. The second-order valence-electron chi connectivity index (χ2n) is 5.51. The van der Waals surface area contributed by atoms with Gasteiger partial charge in [0.05, 0.1) is 26.8 Å². The van der Waals surface area contributed by atoms with Crippen LogP contribution < -0.4 is 4.74 Å². The fourth-order valence-electron chi connectivity index (χ4n) is 2.34. The smallest absolute Gasteiger partial charge is 0.387 e. The predicted molar refractivity (Wildman–Crippen MR) is 105 cm³/mol. The lowest BCUT2D eigenvalue weighted by Crippen LogP contribution is -2.20. The zero-order chi connectivity index (χ0) is 21.9. The van der Waals surface area contributed by atoms with Crippen LogP contribution in [0.5, 0.6) is 5.75 Å². The standard InChI is InChI=1S/C19H21F2N5O4/c1-4-22-17(29-5-2)15(13-7-6-8-14(11-13)30-19(20)21)23-9-10-26-12-24-16(25-26)18(27)28-3/h4,6-8,11-12,19H,1,5,9-10H2,2-3H3/b22-17+,23-15-. The Labute approximate surface area is 171 Å². The van der Waals surface area contributed by atoms with Gasteiger partial charge in [-0.3, -0.25) is 9.67 Å². The molecule has 0 radical (unpaired) electrons. The van der Waals surface area contributed by atoms with Gasteiger partial charge >= 0.3 is 12.6 Å². The van der Waals surface area contributed by atoms with Crippen LogP contribution in [0.3, 0.4) is 0 Å². The van der Waals surface area contributed by atoms with Gasteiger partial charge in [0, 0.05) is 11.8 Å². The zero-order valence-corrected chi connectivity index (χ0v) is 16.5. The SMILES string of the molecule is C=C/N=C(OCC)\C(=N/CCn1cnc(C(=O)OC)n1)c1cccc(OC(F)F)c1. The van der Waals surface area contributed by atoms with Gasteiger partial charge in [0.1, 0.15) is 17.8 Å². The largest absolute Gasteiger partial charge is 0.476 e. The number of nitrogens with zero attached hydrogens (tertiary/aromatic N) is 5. The highest BCUT2D eigenvalue weighted by Gasteiger charge is 2.16. The normalized spacial score (nSPS) is 12.0. The molecule has 0 aliphatic rings. The lowest BCUT2D eigenvalue weighted by Gasteiger charge is -2.12. The number of alkyl halides is 2. The maximum Gasteiger partial charge on any atom is 0.387 e. The summed E-state index contributed by atoms with van der Waals surface area (Å²) in [6.45, 7) is 3.19. The van der Waals surface area contributed by atoms with E-state index in [1.165, 1.54) is 36.5 Å². The minimum Gasteiger partial charge on any atom is -0.476 e. The van der Waals surface area contributed by atoms with Gasteiger partial charge in [0.15, 0.2) is 0 Å². The summed E-state index contributed by atoms with van der Waals surface area (Å²) in [5.41, 5.74) is 0.792. The Hall–Kier alpha value is -3.63. The highest BCUT2D eigenvalue weighted by Crippen LogP contribution is 2.17. The number of hydrogen-bond acceptors (Lipinski definition) is 8. The van der Waals surface area contributed by atoms with Gasteiger partial charge in [-0.2, -0.15) is 8.78 Å². The van der Waals surface area contributed by atoms with E-state index in [2.05, 4.69) is 36.1 Å². The van der Waals surface area contributed by atoms with E-state index in [1.807, 2.05) is 0 Å². The predicted octanol–water partition coefficient (Wildman–Crippen LogP) is 2.73. The van der Waals surface area contributed by atoms with Gasteiger partial charge in [0.2, 0.25) is 5.90 Å². The molecule has 0 fully saturated rings. The Balaban J connectivity index is 2.29. The van der Waals surface area contributed by atoms with E-state index in [4.69, 9.17) is 4.74 Å². The number of esters is 1. The second-order valence-corrected chi connectivity index (χ2v) is 5.51. The number of aliphatic imine (C=N–C) groups is 2. The molecule has 11 heteroatoms. The van der Waals surface area contributed by atoms with Crippen molar-refractivity contribution in [1.29, 1.82) is 0 Å². The Morgan fingerprint density at radius 2 is 2.20 bits per heavy atom. The number of halogens is 2. The van der Waals surface area contributed by atoms with Crippen LogP contribution in [0, 0.1) is 0 Å². The summed E-state index contributed by atoms with van der Waals surface area (Å²) in [6, 6.07) is 6.04.